The number of ether oxygens (including phenoxy) is 1. The van der Waals surface area contributed by atoms with Gasteiger partial charge in [-0.1, -0.05) is 34.1 Å². The second-order valence-corrected chi connectivity index (χ2v) is 8.11. The van der Waals surface area contributed by atoms with Crippen molar-refractivity contribution in [1.29, 1.82) is 0 Å². The number of pyridine rings is 1. The first-order valence-corrected chi connectivity index (χ1v) is 10.7. The Balaban J connectivity index is 2.17. The zero-order chi connectivity index (χ0) is 22.5. The molecule has 0 unspecified atom stereocenters. The summed E-state index contributed by atoms with van der Waals surface area (Å²) in [6, 6.07) is 13.2. The van der Waals surface area contributed by atoms with Crippen LogP contribution in [-0.4, -0.2) is 28.0 Å². The topological polar surface area (TPSA) is 98.7 Å². The molecule has 0 saturated heterocycles. The number of halogens is 1. The Kier molecular flexibility index (Phi) is 7.19. The number of carbonyl (C=O) groups is 1. The number of nitrogens with zero attached hydrogens (tertiary/aromatic N) is 2. The van der Waals surface area contributed by atoms with Gasteiger partial charge in [-0.3, -0.25) is 10.2 Å². The Morgan fingerprint density at radius 2 is 1.97 bits per heavy atom. The summed E-state index contributed by atoms with van der Waals surface area (Å²) in [4.78, 5) is 25.6. The van der Waals surface area contributed by atoms with Crippen molar-refractivity contribution in [2.45, 2.75) is 20.4 Å². The summed E-state index contributed by atoms with van der Waals surface area (Å²) in [5.41, 5.74) is 10.6. The number of hydrazone groups is 1. The van der Waals surface area contributed by atoms with Crippen molar-refractivity contribution in [3.05, 3.63) is 80.0 Å². The minimum absolute atomic E-state index is 0.0144. The zero-order valence-corrected chi connectivity index (χ0v) is 19.4. The normalized spacial score (nSPS) is 11.4. The molecule has 0 fully saturated rings. The lowest BCUT2D eigenvalue weighted by Gasteiger charge is -2.14. The molecule has 0 aliphatic heterocycles. The highest BCUT2D eigenvalue weighted by Crippen LogP contribution is 2.18. The van der Waals surface area contributed by atoms with Gasteiger partial charge in [0.05, 0.1) is 17.8 Å². The number of benzene rings is 2. The van der Waals surface area contributed by atoms with E-state index in [2.05, 4.69) is 26.5 Å². The Morgan fingerprint density at radius 1 is 1.26 bits per heavy atom. The van der Waals surface area contributed by atoms with Gasteiger partial charge in [0.2, 0.25) is 5.43 Å². The third kappa shape index (κ3) is 5.36. The predicted octanol–water partition coefficient (Wildman–Crippen LogP) is 3.55. The van der Waals surface area contributed by atoms with Crippen LogP contribution < -0.4 is 16.6 Å². The fourth-order valence-corrected chi connectivity index (χ4v) is 3.41. The average Bonchev–Trinajstić information content (AvgIpc) is 2.75. The van der Waals surface area contributed by atoms with Crippen molar-refractivity contribution in [2.24, 2.45) is 10.8 Å². The standard InChI is InChI=1S/C22H21BrN4O3S/c1-3-30-21(29)18-12-27(11-14-4-7-16(23)8-5-14)19-9-6-15(10-17(19)20(18)28)13(2)25-26-22(24)31/h4-10,12H,3,11H2,1-2H3,(H3,24,26,31)/b25-13+. The molecule has 0 spiro atoms. The molecular weight excluding hydrogens is 480 g/mol. The number of esters is 1. The summed E-state index contributed by atoms with van der Waals surface area (Å²) in [6.07, 6.45) is 1.56. The van der Waals surface area contributed by atoms with E-state index in [0.29, 0.717) is 28.7 Å². The van der Waals surface area contributed by atoms with Crippen LogP contribution in [0.2, 0.25) is 0 Å². The summed E-state index contributed by atoms with van der Waals surface area (Å²) in [5.74, 6) is -0.648. The predicted molar refractivity (Wildman–Crippen MR) is 130 cm³/mol. The minimum atomic E-state index is -0.648. The Morgan fingerprint density at radius 3 is 2.61 bits per heavy atom. The summed E-state index contributed by atoms with van der Waals surface area (Å²) < 4.78 is 7.94. The van der Waals surface area contributed by atoms with E-state index in [1.807, 2.05) is 41.0 Å². The van der Waals surface area contributed by atoms with Crippen LogP contribution in [0.15, 0.2) is 63.0 Å². The number of hydrogen-bond donors (Lipinski definition) is 2. The summed E-state index contributed by atoms with van der Waals surface area (Å²) >= 11 is 8.20. The molecule has 160 valence electrons. The molecule has 0 atom stereocenters. The molecule has 3 N–H and O–H groups in total. The minimum Gasteiger partial charge on any atom is -0.462 e. The van der Waals surface area contributed by atoms with Crippen LogP contribution in [0, 0.1) is 0 Å². The van der Waals surface area contributed by atoms with E-state index in [1.165, 1.54) is 0 Å². The zero-order valence-electron chi connectivity index (χ0n) is 17.0. The van der Waals surface area contributed by atoms with Crippen molar-refractivity contribution < 1.29 is 9.53 Å². The van der Waals surface area contributed by atoms with Crippen molar-refractivity contribution in [3.8, 4) is 0 Å². The maximum atomic E-state index is 13.1. The van der Waals surface area contributed by atoms with E-state index in [1.54, 1.807) is 26.1 Å². The van der Waals surface area contributed by atoms with Crippen LogP contribution in [0.5, 0.6) is 0 Å². The molecular formula is C22H21BrN4O3S. The van der Waals surface area contributed by atoms with Gasteiger partial charge >= 0.3 is 5.97 Å². The van der Waals surface area contributed by atoms with Gasteiger partial charge in [-0.25, -0.2) is 4.79 Å². The summed E-state index contributed by atoms with van der Waals surface area (Å²) in [5, 5.41) is 4.55. The molecule has 7 nitrogen and oxygen atoms in total. The first-order valence-electron chi connectivity index (χ1n) is 9.49. The van der Waals surface area contributed by atoms with Crippen LogP contribution in [0.25, 0.3) is 10.9 Å². The molecule has 0 saturated carbocycles. The molecule has 1 aromatic heterocycles. The smallest absolute Gasteiger partial charge is 0.343 e. The lowest BCUT2D eigenvalue weighted by molar-refractivity contribution is 0.0524. The Hall–Kier alpha value is -3.04. The maximum absolute atomic E-state index is 13.1. The van der Waals surface area contributed by atoms with Gasteiger partial charge in [-0.15, -0.1) is 0 Å². The van der Waals surface area contributed by atoms with E-state index in [0.717, 1.165) is 10.0 Å². The number of carbonyl (C=O) groups excluding carboxylic acids is 1. The maximum Gasteiger partial charge on any atom is 0.343 e. The molecule has 31 heavy (non-hydrogen) atoms. The second-order valence-electron chi connectivity index (χ2n) is 6.75. The van der Waals surface area contributed by atoms with Gasteiger partial charge in [-0.05, 0) is 61.5 Å². The SMILES string of the molecule is CCOC(=O)c1cn(Cc2ccc(Br)cc2)c2ccc(/C(C)=N/NC(N)=S)cc2c1=O. The molecule has 0 aliphatic rings. The highest BCUT2D eigenvalue weighted by Gasteiger charge is 2.17. The van der Waals surface area contributed by atoms with Crippen LogP contribution in [0.1, 0.15) is 35.3 Å². The molecule has 3 aromatic rings. The molecule has 0 radical (unpaired) electrons. The van der Waals surface area contributed by atoms with Crippen LogP contribution in [0.4, 0.5) is 0 Å². The number of nitrogens with one attached hydrogen (secondary N) is 1. The van der Waals surface area contributed by atoms with Crippen LogP contribution in [-0.2, 0) is 11.3 Å². The van der Waals surface area contributed by atoms with Gasteiger partial charge in [0, 0.05) is 22.6 Å². The Labute approximate surface area is 193 Å². The van der Waals surface area contributed by atoms with E-state index < -0.39 is 11.4 Å². The highest BCUT2D eigenvalue weighted by molar-refractivity contribution is 9.10. The largest absolute Gasteiger partial charge is 0.462 e. The first kappa shape index (κ1) is 22.6. The number of rotatable bonds is 6. The lowest BCUT2D eigenvalue weighted by Crippen LogP contribution is -2.25. The number of fused-ring (bicyclic) bond motifs is 1. The summed E-state index contributed by atoms with van der Waals surface area (Å²) in [6.45, 7) is 4.12. The number of hydrogen-bond acceptors (Lipinski definition) is 5. The van der Waals surface area contributed by atoms with Gasteiger partial charge in [0.1, 0.15) is 5.56 Å². The quantitative estimate of drug-likeness (QED) is 0.232. The van der Waals surface area contributed by atoms with Gasteiger partial charge in [-0.2, -0.15) is 5.10 Å². The second kappa shape index (κ2) is 9.84. The summed E-state index contributed by atoms with van der Waals surface area (Å²) in [7, 11) is 0. The van der Waals surface area contributed by atoms with E-state index in [4.69, 9.17) is 22.7 Å². The number of aromatic nitrogens is 1. The van der Waals surface area contributed by atoms with E-state index in [9.17, 15) is 9.59 Å². The lowest BCUT2D eigenvalue weighted by atomic mass is 10.0. The third-order valence-electron chi connectivity index (χ3n) is 4.59. The van der Waals surface area contributed by atoms with Gasteiger partial charge < -0.3 is 15.0 Å². The molecule has 3 rings (SSSR count). The molecule has 0 aliphatic carbocycles. The van der Waals surface area contributed by atoms with Gasteiger partial charge in [0.25, 0.3) is 0 Å². The van der Waals surface area contributed by atoms with E-state index >= 15 is 0 Å². The molecule has 9 heteroatoms. The fraction of sp³-hybridized carbons (Fsp3) is 0.182. The van der Waals surface area contributed by atoms with Crippen molar-refractivity contribution in [2.75, 3.05) is 6.61 Å². The highest BCUT2D eigenvalue weighted by atomic mass is 79.9. The van der Waals surface area contributed by atoms with E-state index in [-0.39, 0.29) is 17.3 Å². The molecule has 0 amide bonds. The molecule has 0 bridgehead atoms. The molecule has 1 heterocycles. The monoisotopic (exact) mass is 500 g/mol. The first-order chi connectivity index (χ1) is 14.8. The van der Waals surface area contributed by atoms with Crippen molar-refractivity contribution >= 4 is 55.8 Å². The average molecular weight is 501 g/mol. The number of thiocarbonyl (C=S) groups is 1. The van der Waals surface area contributed by atoms with Crippen molar-refractivity contribution in [1.82, 2.24) is 9.99 Å². The fourth-order valence-electron chi connectivity index (χ4n) is 3.10. The van der Waals surface area contributed by atoms with Gasteiger partial charge in [0.15, 0.2) is 5.11 Å². The molecule has 2 aromatic carbocycles. The third-order valence-corrected chi connectivity index (χ3v) is 5.21. The Bertz CT molecular complexity index is 1240. The van der Waals surface area contributed by atoms with Crippen molar-refractivity contribution in [3.63, 3.8) is 0 Å². The number of nitrogens with two attached hydrogens (primary N) is 1. The van der Waals surface area contributed by atoms with Crippen LogP contribution >= 0.6 is 28.1 Å². The van der Waals surface area contributed by atoms with Crippen LogP contribution in [0.3, 0.4) is 0 Å².